The first-order valence-electron chi connectivity index (χ1n) is 5.66. The first kappa shape index (κ1) is 19.8. The molecule has 0 radical (unpaired) electrons. The molecule has 0 aromatic rings. The van der Waals surface area contributed by atoms with Gasteiger partial charge in [-0.1, -0.05) is 51.9 Å². The molecule has 0 aliphatic rings. The van der Waals surface area contributed by atoms with E-state index in [-0.39, 0.29) is 58.0 Å². The normalized spacial score (nSPS) is 11.1. The zero-order valence-corrected chi connectivity index (χ0v) is 14.3. The third-order valence-electron chi connectivity index (χ3n) is 2.23. The Morgan fingerprint density at radius 2 is 1.38 bits per heavy atom. The van der Waals surface area contributed by atoms with Gasteiger partial charge in [0, 0.05) is 0 Å². The average molecular weight is 276 g/mol. The molecule has 0 saturated heterocycles. The maximum absolute atomic E-state index is 10.1. The van der Waals surface area contributed by atoms with Gasteiger partial charge < -0.3 is 4.55 Å². The molecule has 4 nitrogen and oxygen atoms in total. The number of hydrogen-bond acceptors (Lipinski definition) is 4. The van der Waals surface area contributed by atoms with Crippen LogP contribution in [0, 0.1) is 0 Å². The molecule has 0 bridgehead atoms. The molecule has 0 heterocycles. The van der Waals surface area contributed by atoms with Crippen LogP contribution in [-0.2, 0) is 14.6 Å². The van der Waals surface area contributed by atoms with E-state index in [1.54, 1.807) is 0 Å². The number of rotatable bonds is 10. The van der Waals surface area contributed by atoms with Crippen LogP contribution in [0.3, 0.4) is 0 Å². The zero-order valence-electron chi connectivity index (χ0n) is 10.4. The van der Waals surface area contributed by atoms with E-state index in [0.717, 1.165) is 12.8 Å². The van der Waals surface area contributed by atoms with Gasteiger partial charge in [-0.3, -0.25) is 4.18 Å². The summed E-state index contributed by atoms with van der Waals surface area (Å²) < 4.78 is 34.3. The SMILES string of the molecule is CCCCCCCCCCOS(=O)(=O)[O-].[K+]. The summed E-state index contributed by atoms with van der Waals surface area (Å²) in [5.41, 5.74) is 0. The molecule has 0 aromatic carbocycles. The van der Waals surface area contributed by atoms with Gasteiger partial charge in [0.2, 0.25) is 10.4 Å². The minimum Gasteiger partial charge on any atom is -0.726 e. The van der Waals surface area contributed by atoms with Gasteiger partial charge in [0.25, 0.3) is 0 Å². The number of hydrogen-bond donors (Lipinski definition) is 0. The Labute approximate surface area is 142 Å². The average Bonchev–Trinajstić information content (AvgIpc) is 2.14. The van der Waals surface area contributed by atoms with Gasteiger partial charge in [-0.15, -0.1) is 0 Å². The summed E-state index contributed by atoms with van der Waals surface area (Å²) in [5.74, 6) is 0. The smallest absolute Gasteiger partial charge is 0.726 e. The molecule has 0 N–H and O–H groups in total. The van der Waals surface area contributed by atoms with E-state index in [0.29, 0.717) is 6.42 Å². The third-order valence-corrected chi connectivity index (χ3v) is 2.68. The maximum atomic E-state index is 10.1. The van der Waals surface area contributed by atoms with Crippen molar-refractivity contribution in [1.29, 1.82) is 0 Å². The van der Waals surface area contributed by atoms with E-state index in [1.807, 2.05) is 0 Å². The largest absolute Gasteiger partial charge is 1.00 e. The molecule has 0 fully saturated rings. The molecule has 6 heteroatoms. The van der Waals surface area contributed by atoms with Crippen LogP contribution in [0.4, 0.5) is 0 Å². The molecule has 0 aromatic heterocycles. The molecule has 0 saturated carbocycles. The molecular formula is C10H21KO4S. The van der Waals surface area contributed by atoms with Crippen molar-refractivity contribution in [2.75, 3.05) is 6.61 Å². The minimum absolute atomic E-state index is 0. The predicted molar refractivity (Wildman–Crippen MR) is 58.3 cm³/mol. The zero-order chi connectivity index (χ0) is 11.6. The molecular weight excluding hydrogens is 255 g/mol. The van der Waals surface area contributed by atoms with Gasteiger partial charge in [-0.2, -0.15) is 0 Å². The molecule has 0 aliphatic carbocycles. The first-order chi connectivity index (χ1) is 7.06. The Morgan fingerprint density at radius 3 is 1.81 bits per heavy atom. The van der Waals surface area contributed by atoms with Gasteiger partial charge in [0.1, 0.15) is 0 Å². The Morgan fingerprint density at radius 1 is 0.938 bits per heavy atom. The van der Waals surface area contributed by atoms with Gasteiger partial charge in [0.15, 0.2) is 0 Å². The topological polar surface area (TPSA) is 66.4 Å². The van der Waals surface area contributed by atoms with Crippen LogP contribution in [0.1, 0.15) is 58.3 Å². The van der Waals surface area contributed by atoms with Crippen molar-refractivity contribution in [3.05, 3.63) is 0 Å². The predicted octanol–water partition coefficient (Wildman–Crippen LogP) is -0.392. The summed E-state index contributed by atoms with van der Waals surface area (Å²) in [5, 5.41) is 0. The second kappa shape index (κ2) is 13.0. The third kappa shape index (κ3) is 17.9. The first-order valence-corrected chi connectivity index (χ1v) is 7.00. The molecule has 0 unspecified atom stereocenters. The number of unbranched alkanes of at least 4 members (excludes halogenated alkanes) is 7. The van der Waals surface area contributed by atoms with Crippen molar-refractivity contribution in [3.63, 3.8) is 0 Å². The van der Waals surface area contributed by atoms with Crippen LogP contribution in [0.15, 0.2) is 0 Å². The fourth-order valence-corrected chi connectivity index (χ4v) is 1.72. The molecule has 0 atom stereocenters. The molecule has 0 spiro atoms. The second-order valence-electron chi connectivity index (χ2n) is 3.71. The van der Waals surface area contributed by atoms with Gasteiger partial charge >= 0.3 is 51.4 Å². The Balaban J connectivity index is 0. The van der Waals surface area contributed by atoms with Crippen molar-refractivity contribution in [1.82, 2.24) is 0 Å². The van der Waals surface area contributed by atoms with E-state index in [1.165, 1.54) is 32.1 Å². The van der Waals surface area contributed by atoms with Crippen molar-refractivity contribution >= 4 is 10.4 Å². The van der Waals surface area contributed by atoms with Gasteiger partial charge in [-0.25, -0.2) is 8.42 Å². The van der Waals surface area contributed by atoms with E-state index in [4.69, 9.17) is 0 Å². The standard InChI is InChI=1S/C10H22O4S.K/c1-2-3-4-5-6-7-8-9-10-14-15(11,12)13;/h2-10H2,1H3,(H,11,12,13);/q;+1/p-1. The summed E-state index contributed by atoms with van der Waals surface area (Å²) in [6.07, 6.45) is 8.91. The van der Waals surface area contributed by atoms with Crippen LogP contribution in [-0.4, -0.2) is 19.6 Å². The second-order valence-corrected chi connectivity index (χ2v) is 4.76. The van der Waals surface area contributed by atoms with E-state index in [2.05, 4.69) is 11.1 Å². The van der Waals surface area contributed by atoms with Crippen molar-refractivity contribution in [2.45, 2.75) is 58.3 Å². The molecule has 16 heavy (non-hydrogen) atoms. The van der Waals surface area contributed by atoms with Crippen LogP contribution in [0.25, 0.3) is 0 Å². The molecule has 0 rings (SSSR count). The Bertz CT molecular complexity index is 229. The fourth-order valence-electron chi connectivity index (χ4n) is 1.40. The van der Waals surface area contributed by atoms with E-state index < -0.39 is 10.4 Å². The molecule has 0 amide bonds. The summed E-state index contributed by atoms with van der Waals surface area (Å²) in [6, 6.07) is 0. The van der Waals surface area contributed by atoms with Gasteiger partial charge in [0.05, 0.1) is 6.61 Å². The van der Waals surface area contributed by atoms with Gasteiger partial charge in [-0.05, 0) is 6.42 Å². The Kier molecular flexibility index (Phi) is 16.1. The molecule has 0 aliphatic heterocycles. The minimum atomic E-state index is -4.48. The summed E-state index contributed by atoms with van der Waals surface area (Å²) in [7, 11) is -4.48. The van der Waals surface area contributed by atoms with E-state index in [9.17, 15) is 13.0 Å². The fraction of sp³-hybridized carbons (Fsp3) is 1.00. The maximum Gasteiger partial charge on any atom is 1.00 e. The summed E-state index contributed by atoms with van der Waals surface area (Å²) in [4.78, 5) is 0. The van der Waals surface area contributed by atoms with Crippen molar-refractivity contribution in [2.24, 2.45) is 0 Å². The van der Waals surface area contributed by atoms with Crippen LogP contribution >= 0.6 is 0 Å². The molecule has 92 valence electrons. The Hall–Kier alpha value is 1.51. The monoisotopic (exact) mass is 276 g/mol. The van der Waals surface area contributed by atoms with Crippen molar-refractivity contribution in [3.8, 4) is 0 Å². The van der Waals surface area contributed by atoms with Crippen LogP contribution < -0.4 is 51.4 Å². The van der Waals surface area contributed by atoms with E-state index >= 15 is 0 Å². The van der Waals surface area contributed by atoms with Crippen molar-refractivity contribution < 1.29 is 68.5 Å². The summed E-state index contributed by atoms with van der Waals surface area (Å²) >= 11 is 0. The quantitative estimate of drug-likeness (QED) is 0.236. The summed E-state index contributed by atoms with van der Waals surface area (Å²) in [6.45, 7) is 2.21. The van der Waals surface area contributed by atoms with Crippen LogP contribution in [0.2, 0.25) is 0 Å². The van der Waals surface area contributed by atoms with Crippen LogP contribution in [0.5, 0.6) is 0 Å².